The van der Waals surface area contributed by atoms with E-state index in [-0.39, 0.29) is 0 Å². The molecule has 5 heteroatoms. The van der Waals surface area contributed by atoms with E-state index in [2.05, 4.69) is 20.4 Å². The second kappa shape index (κ2) is 4.88. The van der Waals surface area contributed by atoms with Crippen LogP contribution in [0.25, 0.3) is 0 Å². The molecule has 0 aliphatic carbocycles. The standard InChI is InChI=1S/C12H15N5/c1-8-9(2)15-11(16-12(8)17-13)6-10-4-3-5-14-7-10/h3-5,7H,6,13H2,1-2H3,(H,15,16,17). The summed E-state index contributed by atoms with van der Waals surface area (Å²) in [7, 11) is 0. The Balaban J connectivity index is 2.31. The monoisotopic (exact) mass is 229 g/mol. The van der Waals surface area contributed by atoms with Crippen LogP contribution in [0.2, 0.25) is 0 Å². The lowest BCUT2D eigenvalue weighted by Crippen LogP contribution is -2.13. The van der Waals surface area contributed by atoms with E-state index < -0.39 is 0 Å². The lowest BCUT2D eigenvalue weighted by atomic mass is 10.2. The van der Waals surface area contributed by atoms with E-state index in [0.29, 0.717) is 12.2 Å². The second-order valence-corrected chi connectivity index (χ2v) is 3.88. The van der Waals surface area contributed by atoms with Crippen LogP contribution in [0.1, 0.15) is 22.6 Å². The average molecular weight is 229 g/mol. The van der Waals surface area contributed by atoms with Gasteiger partial charge in [0.05, 0.1) is 0 Å². The summed E-state index contributed by atoms with van der Waals surface area (Å²) in [6.07, 6.45) is 4.22. The highest BCUT2D eigenvalue weighted by atomic mass is 15.3. The Morgan fingerprint density at radius 1 is 1.29 bits per heavy atom. The number of anilines is 1. The minimum atomic E-state index is 0.656. The Morgan fingerprint density at radius 3 is 2.76 bits per heavy atom. The Hall–Kier alpha value is -2.01. The predicted molar refractivity (Wildman–Crippen MR) is 66.4 cm³/mol. The van der Waals surface area contributed by atoms with Crippen molar-refractivity contribution in [3.05, 3.63) is 47.2 Å². The first-order chi connectivity index (χ1) is 8.20. The number of hydrogen-bond donors (Lipinski definition) is 2. The number of nitrogens with one attached hydrogen (secondary N) is 1. The number of rotatable bonds is 3. The first-order valence-corrected chi connectivity index (χ1v) is 5.40. The van der Waals surface area contributed by atoms with Crippen LogP contribution in [-0.2, 0) is 6.42 Å². The summed E-state index contributed by atoms with van der Waals surface area (Å²) in [6, 6.07) is 3.90. The predicted octanol–water partition coefficient (Wildman–Crippen LogP) is 1.36. The molecule has 0 unspecified atom stereocenters. The summed E-state index contributed by atoms with van der Waals surface area (Å²) in [5.41, 5.74) is 5.59. The molecule has 88 valence electrons. The SMILES string of the molecule is Cc1nc(Cc2cccnc2)nc(NN)c1C. The molecular weight excluding hydrogens is 214 g/mol. The van der Waals surface area contributed by atoms with Gasteiger partial charge in [0.1, 0.15) is 11.6 Å². The molecule has 3 N–H and O–H groups in total. The van der Waals surface area contributed by atoms with Crippen LogP contribution in [0, 0.1) is 13.8 Å². The van der Waals surface area contributed by atoms with Crippen LogP contribution >= 0.6 is 0 Å². The lowest BCUT2D eigenvalue weighted by Gasteiger charge is -2.09. The molecule has 0 saturated carbocycles. The van der Waals surface area contributed by atoms with Crippen LogP contribution in [0.5, 0.6) is 0 Å². The number of nitrogens with zero attached hydrogens (tertiary/aromatic N) is 3. The summed E-state index contributed by atoms with van der Waals surface area (Å²) >= 11 is 0. The topological polar surface area (TPSA) is 76.7 Å². The first kappa shape index (κ1) is 11.5. The lowest BCUT2D eigenvalue weighted by molar-refractivity contribution is 0.921. The third kappa shape index (κ3) is 2.57. The molecule has 2 heterocycles. The van der Waals surface area contributed by atoms with E-state index in [9.17, 15) is 0 Å². The summed E-state index contributed by atoms with van der Waals surface area (Å²) < 4.78 is 0. The van der Waals surface area contributed by atoms with Gasteiger partial charge in [0.2, 0.25) is 0 Å². The van der Waals surface area contributed by atoms with Gasteiger partial charge in [-0.3, -0.25) is 4.98 Å². The van der Waals surface area contributed by atoms with Gasteiger partial charge in [-0.25, -0.2) is 15.8 Å². The van der Waals surface area contributed by atoms with Gasteiger partial charge in [-0.05, 0) is 25.5 Å². The van der Waals surface area contributed by atoms with Gasteiger partial charge in [-0.1, -0.05) is 6.07 Å². The van der Waals surface area contributed by atoms with Gasteiger partial charge in [0.15, 0.2) is 0 Å². The molecule has 2 aromatic heterocycles. The van der Waals surface area contributed by atoms with Crippen LogP contribution in [0.3, 0.4) is 0 Å². The highest BCUT2D eigenvalue weighted by Gasteiger charge is 2.07. The smallest absolute Gasteiger partial charge is 0.146 e. The molecule has 0 spiro atoms. The molecule has 0 atom stereocenters. The molecule has 0 saturated heterocycles. The molecule has 2 aromatic rings. The van der Waals surface area contributed by atoms with Crippen molar-refractivity contribution >= 4 is 5.82 Å². The normalized spacial score (nSPS) is 10.3. The van der Waals surface area contributed by atoms with Crippen molar-refractivity contribution in [2.45, 2.75) is 20.3 Å². The van der Waals surface area contributed by atoms with E-state index in [0.717, 1.165) is 22.6 Å². The summed E-state index contributed by atoms with van der Waals surface area (Å²) in [5, 5.41) is 0. The molecule has 0 radical (unpaired) electrons. The molecular formula is C12H15N5. The van der Waals surface area contributed by atoms with E-state index in [4.69, 9.17) is 5.84 Å². The van der Waals surface area contributed by atoms with E-state index in [1.165, 1.54) is 0 Å². The fourth-order valence-corrected chi connectivity index (χ4v) is 1.59. The zero-order valence-corrected chi connectivity index (χ0v) is 9.94. The maximum absolute atomic E-state index is 5.43. The highest BCUT2D eigenvalue weighted by Crippen LogP contribution is 2.15. The summed E-state index contributed by atoms with van der Waals surface area (Å²) in [6.45, 7) is 3.89. The van der Waals surface area contributed by atoms with Crippen molar-refractivity contribution in [1.29, 1.82) is 0 Å². The minimum absolute atomic E-state index is 0.656. The van der Waals surface area contributed by atoms with Gasteiger partial charge >= 0.3 is 0 Å². The van der Waals surface area contributed by atoms with Crippen molar-refractivity contribution in [2.75, 3.05) is 5.43 Å². The van der Waals surface area contributed by atoms with Crippen molar-refractivity contribution in [3.8, 4) is 0 Å². The number of nitrogens with two attached hydrogens (primary N) is 1. The van der Waals surface area contributed by atoms with Crippen molar-refractivity contribution < 1.29 is 0 Å². The molecule has 5 nitrogen and oxygen atoms in total. The third-order valence-corrected chi connectivity index (χ3v) is 2.66. The van der Waals surface area contributed by atoms with Gasteiger partial charge in [0, 0.05) is 30.1 Å². The average Bonchev–Trinajstić information content (AvgIpc) is 2.35. The van der Waals surface area contributed by atoms with Crippen LogP contribution in [0.4, 0.5) is 5.82 Å². The number of nitrogen functional groups attached to an aromatic ring is 1. The molecule has 17 heavy (non-hydrogen) atoms. The summed E-state index contributed by atoms with van der Waals surface area (Å²) in [5.74, 6) is 6.85. The summed E-state index contributed by atoms with van der Waals surface area (Å²) in [4.78, 5) is 12.9. The Kier molecular flexibility index (Phi) is 3.30. The first-order valence-electron chi connectivity index (χ1n) is 5.40. The fraction of sp³-hybridized carbons (Fsp3) is 0.250. The molecule has 0 amide bonds. The number of hydrogen-bond acceptors (Lipinski definition) is 5. The van der Waals surface area contributed by atoms with Crippen molar-refractivity contribution in [2.24, 2.45) is 5.84 Å². The van der Waals surface area contributed by atoms with Crippen molar-refractivity contribution in [1.82, 2.24) is 15.0 Å². The fourth-order valence-electron chi connectivity index (χ4n) is 1.59. The third-order valence-electron chi connectivity index (χ3n) is 2.66. The quantitative estimate of drug-likeness (QED) is 0.614. The minimum Gasteiger partial charge on any atom is -0.308 e. The maximum atomic E-state index is 5.43. The second-order valence-electron chi connectivity index (χ2n) is 3.88. The molecule has 0 fully saturated rings. The largest absolute Gasteiger partial charge is 0.308 e. The molecule has 0 aliphatic rings. The van der Waals surface area contributed by atoms with Crippen LogP contribution < -0.4 is 11.3 Å². The van der Waals surface area contributed by atoms with Gasteiger partial charge in [-0.2, -0.15) is 0 Å². The zero-order valence-electron chi connectivity index (χ0n) is 9.94. The molecule has 0 aromatic carbocycles. The van der Waals surface area contributed by atoms with E-state index in [1.807, 2.05) is 32.2 Å². The highest BCUT2D eigenvalue weighted by molar-refractivity contribution is 5.44. The zero-order chi connectivity index (χ0) is 12.3. The number of aromatic nitrogens is 3. The maximum Gasteiger partial charge on any atom is 0.146 e. The Bertz CT molecular complexity index is 510. The van der Waals surface area contributed by atoms with Gasteiger partial charge < -0.3 is 5.43 Å². The van der Waals surface area contributed by atoms with E-state index in [1.54, 1.807) is 6.20 Å². The van der Waals surface area contributed by atoms with Crippen LogP contribution in [-0.4, -0.2) is 15.0 Å². The van der Waals surface area contributed by atoms with Crippen molar-refractivity contribution in [3.63, 3.8) is 0 Å². The number of aryl methyl sites for hydroxylation is 1. The van der Waals surface area contributed by atoms with Crippen LogP contribution in [0.15, 0.2) is 24.5 Å². The number of pyridine rings is 1. The molecule has 0 aliphatic heterocycles. The Labute approximate surface area is 100 Å². The van der Waals surface area contributed by atoms with E-state index >= 15 is 0 Å². The van der Waals surface area contributed by atoms with Gasteiger partial charge in [-0.15, -0.1) is 0 Å². The molecule has 2 rings (SSSR count). The number of hydrazine groups is 1. The molecule has 0 bridgehead atoms. The Morgan fingerprint density at radius 2 is 2.12 bits per heavy atom. The van der Waals surface area contributed by atoms with Gasteiger partial charge in [0.25, 0.3) is 0 Å².